The van der Waals surface area contributed by atoms with Crippen LogP contribution in [0.4, 0.5) is 5.69 Å². The van der Waals surface area contributed by atoms with E-state index in [0.29, 0.717) is 19.4 Å². The number of benzene rings is 1. The van der Waals surface area contributed by atoms with Gasteiger partial charge in [-0.25, -0.2) is 0 Å². The molecule has 0 aromatic heterocycles. The molecule has 0 radical (unpaired) electrons. The van der Waals surface area contributed by atoms with Gasteiger partial charge in [0, 0.05) is 19.0 Å². The molecule has 1 aromatic rings. The van der Waals surface area contributed by atoms with Crippen molar-refractivity contribution in [2.24, 2.45) is 0 Å². The molecular weight excluding hydrogens is 280 g/mol. The summed E-state index contributed by atoms with van der Waals surface area (Å²) in [6, 6.07) is 6.00. The van der Waals surface area contributed by atoms with Crippen molar-refractivity contribution in [3.8, 4) is 5.75 Å². The minimum absolute atomic E-state index is 0.0412. The summed E-state index contributed by atoms with van der Waals surface area (Å²) in [5.41, 5.74) is 1.88. The molecule has 1 aromatic carbocycles. The highest BCUT2D eigenvalue weighted by atomic mass is 16.5. The van der Waals surface area contributed by atoms with Crippen LogP contribution in [0.5, 0.6) is 5.75 Å². The normalized spacial score (nSPS) is 15.0. The summed E-state index contributed by atoms with van der Waals surface area (Å²) < 4.78 is 5.45. The third kappa shape index (κ3) is 4.00. The molecule has 0 saturated heterocycles. The Bertz CT molecular complexity index is 557. The molecule has 0 spiro atoms. The van der Waals surface area contributed by atoms with Crippen molar-refractivity contribution in [1.29, 1.82) is 0 Å². The van der Waals surface area contributed by atoms with E-state index in [0.717, 1.165) is 23.4 Å². The lowest BCUT2D eigenvalue weighted by Crippen LogP contribution is -2.40. The lowest BCUT2D eigenvalue weighted by atomic mass is 10.1. The van der Waals surface area contributed by atoms with Crippen molar-refractivity contribution < 1.29 is 14.3 Å². The van der Waals surface area contributed by atoms with E-state index in [1.807, 2.05) is 39.0 Å². The van der Waals surface area contributed by atoms with Crippen LogP contribution in [0.25, 0.3) is 0 Å². The Hall–Kier alpha value is -2.04. The molecule has 5 heteroatoms. The molecule has 1 heterocycles. The quantitative estimate of drug-likeness (QED) is 0.878. The zero-order valence-corrected chi connectivity index (χ0v) is 13.5. The molecule has 1 aliphatic heterocycles. The van der Waals surface area contributed by atoms with E-state index in [4.69, 9.17) is 4.74 Å². The third-order valence-electron chi connectivity index (χ3n) is 3.86. The number of carbonyl (C=O) groups is 2. The van der Waals surface area contributed by atoms with Crippen molar-refractivity contribution in [2.75, 3.05) is 18.1 Å². The number of nitrogens with one attached hydrogen (secondary N) is 1. The Morgan fingerprint density at radius 3 is 2.95 bits per heavy atom. The van der Waals surface area contributed by atoms with E-state index < -0.39 is 0 Å². The molecular formula is C17H24N2O3. The number of rotatable bonds is 6. The van der Waals surface area contributed by atoms with Crippen molar-refractivity contribution in [2.45, 2.75) is 46.1 Å². The van der Waals surface area contributed by atoms with Gasteiger partial charge in [0.05, 0.1) is 5.69 Å². The number of amides is 2. The number of anilines is 1. The molecule has 5 nitrogen and oxygen atoms in total. The van der Waals surface area contributed by atoms with Gasteiger partial charge >= 0.3 is 0 Å². The van der Waals surface area contributed by atoms with Crippen molar-refractivity contribution in [1.82, 2.24) is 5.32 Å². The van der Waals surface area contributed by atoms with Crippen molar-refractivity contribution in [3.05, 3.63) is 23.8 Å². The maximum Gasteiger partial charge on any atom is 0.265 e. The van der Waals surface area contributed by atoms with Gasteiger partial charge < -0.3 is 15.0 Å². The highest BCUT2D eigenvalue weighted by Gasteiger charge is 2.25. The standard InChI is InChI=1S/C17H24N2O3/c1-4-13(3)18-16(20)6-5-9-19-14-10-12(2)7-8-15(14)22-11-17(19)21/h7-8,10,13H,4-6,9,11H2,1-3H3,(H,18,20)/t13-/m0/s1. The highest BCUT2D eigenvalue weighted by Crippen LogP contribution is 2.32. The fraction of sp³-hybridized carbons (Fsp3) is 0.529. The maximum absolute atomic E-state index is 12.1. The van der Waals surface area contributed by atoms with Crippen LogP contribution in [-0.4, -0.2) is 31.0 Å². The number of ether oxygens (including phenoxy) is 1. The van der Waals surface area contributed by atoms with Gasteiger partial charge in [0.15, 0.2) is 6.61 Å². The van der Waals surface area contributed by atoms with Crippen LogP contribution < -0.4 is 15.0 Å². The lowest BCUT2D eigenvalue weighted by molar-refractivity contribution is -0.123. The van der Waals surface area contributed by atoms with Crippen LogP contribution in [0.1, 0.15) is 38.7 Å². The number of nitrogens with zero attached hydrogens (tertiary/aromatic N) is 1. The predicted octanol–water partition coefficient (Wildman–Crippen LogP) is 2.42. The van der Waals surface area contributed by atoms with Gasteiger partial charge in [0.25, 0.3) is 5.91 Å². The smallest absolute Gasteiger partial charge is 0.265 e. The van der Waals surface area contributed by atoms with Gasteiger partial charge in [-0.1, -0.05) is 13.0 Å². The van der Waals surface area contributed by atoms with Gasteiger partial charge in [-0.15, -0.1) is 0 Å². The molecule has 0 aliphatic carbocycles. The summed E-state index contributed by atoms with van der Waals surface area (Å²) in [5.74, 6) is 0.717. The summed E-state index contributed by atoms with van der Waals surface area (Å²) in [7, 11) is 0. The molecule has 0 saturated carbocycles. The topological polar surface area (TPSA) is 58.6 Å². The van der Waals surface area contributed by atoms with E-state index >= 15 is 0 Å². The molecule has 2 rings (SSSR count). The van der Waals surface area contributed by atoms with Gasteiger partial charge in [-0.05, 0) is 44.4 Å². The number of hydrogen-bond donors (Lipinski definition) is 1. The number of aryl methyl sites for hydroxylation is 1. The van der Waals surface area contributed by atoms with Crippen molar-refractivity contribution in [3.63, 3.8) is 0 Å². The zero-order chi connectivity index (χ0) is 16.1. The van der Waals surface area contributed by atoms with E-state index in [2.05, 4.69) is 5.32 Å². The molecule has 0 bridgehead atoms. The number of fused-ring (bicyclic) bond motifs is 1. The molecule has 22 heavy (non-hydrogen) atoms. The van der Waals surface area contributed by atoms with Crippen LogP contribution in [0, 0.1) is 6.92 Å². The number of carbonyl (C=O) groups excluding carboxylic acids is 2. The zero-order valence-electron chi connectivity index (χ0n) is 13.5. The van der Waals surface area contributed by atoms with Crippen molar-refractivity contribution >= 4 is 17.5 Å². The first-order valence-corrected chi connectivity index (χ1v) is 7.84. The van der Waals surface area contributed by atoms with Crippen LogP contribution in [-0.2, 0) is 9.59 Å². The summed E-state index contributed by atoms with van der Waals surface area (Å²) in [6.07, 6.45) is 1.98. The van der Waals surface area contributed by atoms with E-state index in [1.54, 1.807) is 4.90 Å². The second-order valence-corrected chi connectivity index (χ2v) is 5.79. The minimum Gasteiger partial charge on any atom is -0.482 e. The summed E-state index contributed by atoms with van der Waals surface area (Å²) >= 11 is 0. The molecule has 1 atom stereocenters. The molecule has 1 aliphatic rings. The van der Waals surface area contributed by atoms with Crippen LogP contribution in [0.2, 0.25) is 0 Å². The summed E-state index contributed by atoms with van der Waals surface area (Å²) in [6.45, 7) is 6.61. The predicted molar refractivity (Wildman–Crippen MR) is 86.2 cm³/mol. The molecule has 120 valence electrons. The summed E-state index contributed by atoms with van der Waals surface area (Å²) in [5, 5.41) is 2.94. The van der Waals surface area contributed by atoms with Gasteiger partial charge in [0.2, 0.25) is 5.91 Å². The Morgan fingerprint density at radius 2 is 2.23 bits per heavy atom. The molecule has 0 fully saturated rings. The number of hydrogen-bond acceptors (Lipinski definition) is 3. The highest BCUT2D eigenvalue weighted by molar-refractivity contribution is 5.97. The van der Waals surface area contributed by atoms with Crippen LogP contribution >= 0.6 is 0 Å². The minimum atomic E-state index is -0.0552. The fourth-order valence-corrected chi connectivity index (χ4v) is 2.40. The molecule has 2 amide bonds. The Kier molecular flexibility index (Phi) is 5.41. The Morgan fingerprint density at radius 1 is 1.45 bits per heavy atom. The average molecular weight is 304 g/mol. The van der Waals surface area contributed by atoms with Gasteiger partial charge in [0.1, 0.15) is 5.75 Å². The largest absolute Gasteiger partial charge is 0.482 e. The Labute approximate surface area is 131 Å². The molecule has 1 N–H and O–H groups in total. The maximum atomic E-state index is 12.1. The first-order chi connectivity index (χ1) is 10.5. The summed E-state index contributed by atoms with van der Waals surface area (Å²) in [4.78, 5) is 25.6. The SMILES string of the molecule is CC[C@H](C)NC(=O)CCCN1C(=O)COc2ccc(C)cc21. The fourth-order valence-electron chi connectivity index (χ4n) is 2.40. The van der Waals surface area contributed by atoms with E-state index in [-0.39, 0.29) is 24.5 Å². The second-order valence-electron chi connectivity index (χ2n) is 5.79. The van der Waals surface area contributed by atoms with Gasteiger partial charge in [-0.3, -0.25) is 9.59 Å². The second kappa shape index (κ2) is 7.29. The first kappa shape index (κ1) is 16.3. The monoisotopic (exact) mass is 304 g/mol. The first-order valence-electron chi connectivity index (χ1n) is 7.84. The van der Waals surface area contributed by atoms with Crippen LogP contribution in [0.3, 0.4) is 0 Å². The Balaban J connectivity index is 1.94. The van der Waals surface area contributed by atoms with E-state index in [9.17, 15) is 9.59 Å². The van der Waals surface area contributed by atoms with Crippen LogP contribution in [0.15, 0.2) is 18.2 Å². The van der Waals surface area contributed by atoms with E-state index in [1.165, 1.54) is 0 Å². The third-order valence-corrected chi connectivity index (χ3v) is 3.86. The lowest BCUT2D eigenvalue weighted by Gasteiger charge is -2.29. The average Bonchev–Trinajstić information content (AvgIpc) is 2.49. The van der Waals surface area contributed by atoms with Gasteiger partial charge in [-0.2, -0.15) is 0 Å². The molecule has 0 unspecified atom stereocenters.